The van der Waals surface area contributed by atoms with Gasteiger partial charge in [-0.1, -0.05) is 30.3 Å². The normalized spacial score (nSPS) is 10.1. The SMILES string of the molecule is Cc1cnc(NCCc2ccccc2)nc1. The van der Waals surface area contributed by atoms with Gasteiger partial charge >= 0.3 is 0 Å². The zero-order chi connectivity index (χ0) is 11.2. The molecular weight excluding hydrogens is 198 g/mol. The molecule has 0 amide bonds. The molecule has 1 N–H and O–H groups in total. The van der Waals surface area contributed by atoms with Crippen molar-refractivity contribution in [2.45, 2.75) is 13.3 Å². The van der Waals surface area contributed by atoms with E-state index in [1.165, 1.54) is 5.56 Å². The number of hydrogen-bond acceptors (Lipinski definition) is 3. The summed E-state index contributed by atoms with van der Waals surface area (Å²) in [5.74, 6) is 0.696. The molecule has 0 aliphatic carbocycles. The van der Waals surface area contributed by atoms with Crippen molar-refractivity contribution in [3.63, 3.8) is 0 Å². The van der Waals surface area contributed by atoms with E-state index in [2.05, 4.69) is 39.6 Å². The van der Waals surface area contributed by atoms with Gasteiger partial charge < -0.3 is 5.32 Å². The molecule has 0 aliphatic rings. The lowest BCUT2D eigenvalue weighted by atomic mass is 10.1. The highest BCUT2D eigenvalue weighted by Crippen LogP contribution is 2.01. The fourth-order valence-electron chi connectivity index (χ4n) is 1.45. The van der Waals surface area contributed by atoms with Crippen molar-refractivity contribution in [2.24, 2.45) is 0 Å². The number of benzene rings is 1. The van der Waals surface area contributed by atoms with Crippen molar-refractivity contribution in [3.05, 3.63) is 53.9 Å². The zero-order valence-corrected chi connectivity index (χ0v) is 9.35. The van der Waals surface area contributed by atoms with Crippen LogP contribution in [0, 0.1) is 6.92 Å². The van der Waals surface area contributed by atoms with Gasteiger partial charge in [0.15, 0.2) is 0 Å². The molecule has 2 rings (SSSR count). The highest BCUT2D eigenvalue weighted by molar-refractivity contribution is 5.25. The fourth-order valence-corrected chi connectivity index (χ4v) is 1.45. The van der Waals surface area contributed by atoms with Gasteiger partial charge in [-0.05, 0) is 24.5 Å². The second-order valence-electron chi connectivity index (χ2n) is 3.75. The summed E-state index contributed by atoms with van der Waals surface area (Å²) >= 11 is 0. The summed E-state index contributed by atoms with van der Waals surface area (Å²) in [7, 11) is 0. The van der Waals surface area contributed by atoms with Crippen LogP contribution in [0.1, 0.15) is 11.1 Å². The Balaban J connectivity index is 1.82. The van der Waals surface area contributed by atoms with Gasteiger partial charge in [-0.3, -0.25) is 0 Å². The van der Waals surface area contributed by atoms with E-state index in [4.69, 9.17) is 0 Å². The summed E-state index contributed by atoms with van der Waals surface area (Å²) in [6.07, 6.45) is 4.62. The van der Waals surface area contributed by atoms with Crippen LogP contribution < -0.4 is 5.32 Å². The highest BCUT2D eigenvalue weighted by atomic mass is 15.1. The predicted octanol–water partition coefficient (Wildman–Crippen LogP) is 2.44. The molecule has 0 fully saturated rings. The lowest BCUT2D eigenvalue weighted by Gasteiger charge is -2.04. The third kappa shape index (κ3) is 3.05. The minimum absolute atomic E-state index is 0.696. The lowest BCUT2D eigenvalue weighted by Crippen LogP contribution is -2.07. The molecule has 0 unspecified atom stereocenters. The first-order valence-corrected chi connectivity index (χ1v) is 5.41. The Morgan fingerprint density at radius 2 is 1.75 bits per heavy atom. The third-order valence-corrected chi connectivity index (χ3v) is 2.32. The van der Waals surface area contributed by atoms with Crippen LogP contribution in [-0.2, 0) is 6.42 Å². The van der Waals surface area contributed by atoms with Crippen molar-refractivity contribution in [2.75, 3.05) is 11.9 Å². The molecule has 0 saturated carbocycles. The molecule has 0 aliphatic heterocycles. The molecule has 0 saturated heterocycles. The second-order valence-corrected chi connectivity index (χ2v) is 3.75. The summed E-state index contributed by atoms with van der Waals surface area (Å²) in [4.78, 5) is 8.37. The van der Waals surface area contributed by atoms with E-state index in [-0.39, 0.29) is 0 Å². The maximum Gasteiger partial charge on any atom is 0.222 e. The number of hydrogen-bond donors (Lipinski definition) is 1. The topological polar surface area (TPSA) is 37.8 Å². The molecule has 0 radical (unpaired) electrons. The van der Waals surface area contributed by atoms with Crippen LogP contribution >= 0.6 is 0 Å². The van der Waals surface area contributed by atoms with Gasteiger partial charge in [0.25, 0.3) is 0 Å². The number of nitrogens with zero attached hydrogens (tertiary/aromatic N) is 2. The first-order valence-electron chi connectivity index (χ1n) is 5.41. The Morgan fingerprint density at radius 1 is 1.06 bits per heavy atom. The van der Waals surface area contributed by atoms with Gasteiger partial charge in [-0.25, -0.2) is 9.97 Å². The number of aromatic nitrogens is 2. The van der Waals surface area contributed by atoms with Gasteiger partial charge in [0.2, 0.25) is 5.95 Å². The van der Waals surface area contributed by atoms with Gasteiger partial charge in [0.05, 0.1) is 0 Å². The summed E-state index contributed by atoms with van der Waals surface area (Å²) in [5, 5.41) is 3.20. The monoisotopic (exact) mass is 213 g/mol. The predicted molar refractivity (Wildman–Crippen MR) is 65.4 cm³/mol. The Bertz CT molecular complexity index is 423. The molecule has 3 heteroatoms. The minimum Gasteiger partial charge on any atom is -0.354 e. The maximum atomic E-state index is 4.19. The van der Waals surface area contributed by atoms with Crippen LogP contribution in [0.4, 0.5) is 5.95 Å². The Morgan fingerprint density at radius 3 is 2.44 bits per heavy atom. The lowest BCUT2D eigenvalue weighted by molar-refractivity contribution is 0.979. The summed E-state index contributed by atoms with van der Waals surface area (Å²) in [6.45, 7) is 2.83. The molecule has 0 bridgehead atoms. The van der Waals surface area contributed by atoms with Crippen molar-refractivity contribution in [3.8, 4) is 0 Å². The van der Waals surface area contributed by atoms with Gasteiger partial charge in [0.1, 0.15) is 0 Å². The molecular formula is C13H15N3. The van der Waals surface area contributed by atoms with Crippen LogP contribution in [-0.4, -0.2) is 16.5 Å². The molecule has 1 aromatic heterocycles. The van der Waals surface area contributed by atoms with E-state index in [9.17, 15) is 0 Å². The van der Waals surface area contributed by atoms with E-state index in [0.29, 0.717) is 5.95 Å². The largest absolute Gasteiger partial charge is 0.354 e. The standard InChI is InChI=1S/C13H15N3/c1-11-9-15-13(16-10-11)14-8-7-12-5-3-2-4-6-12/h2-6,9-10H,7-8H2,1H3,(H,14,15,16). The van der Waals surface area contributed by atoms with Crippen LogP contribution in [0.5, 0.6) is 0 Å². The Labute approximate surface area is 95.6 Å². The van der Waals surface area contributed by atoms with Crippen molar-refractivity contribution >= 4 is 5.95 Å². The fraction of sp³-hybridized carbons (Fsp3) is 0.231. The van der Waals surface area contributed by atoms with E-state index >= 15 is 0 Å². The van der Waals surface area contributed by atoms with E-state index in [1.54, 1.807) is 0 Å². The van der Waals surface area contributed by atoms with Crippen LogP contribution in [0.25, 0.3) is 0 Å². The Kier molecular flexibility index (Phi) is 3.49. The van der Waals surface area contributed by atoms with E-state index in [0.717, 1.165) is 18.5 Å². The van der Waals surface area contributed by atoms with E-state index in [1.807, 2.05) is 25.4 Å². The number of rotatable bonds is 4. The minimum atomic E-state index is 0.696. The smallest absolute Gasteiger partial charge is 0.222 e. The molecule has 2 aromatic rings. The second kappa shape index (κ2) is 5.26. The van der Waals surface area contributed by atoms with Crippen LogP contribution in [0.2, 0.25) is 0 Å². The third-order valence-electron chi connectivity index (χ3n) is 2.32. The van der Waals surface area contributed by atoms with Gasteiger partial charge in [-0.2, -0.15) is 0 Å². The number of anilines is 1. The average Bonchev–Trinajstić information content (AvgIpc) is 2.33. The number of nitrogens with one attached hydrogen (secondary N) is 1. The van der Waals surface area contributed by atoms with Crippen molar-refractivity contribution in [1.82, 2.24) is 9.97 Å². The molecule has 3 nitrogen and oxygen atoms in total. The highest BCUT2D eigenvalue weighted by Gasteiger charge is 1.95. The van der Waals surface area contributed by atoms with Gasteiger partial charge in [0, 0.05) is 18.9 Å². The van der Waals surface area contributed by atoms with E-state index < -0.39 is 0 Å². The maximum absolute atomic E-state index is 4.19. The van der Waals surface area contributed by atoms with Gasteiger partial charge in [-0.15, -0.1) is 0 Å². The number of aryl methyl sites for hydroxylation is 1. The van der Waals surface area contributed by atoms with Crippen molar-refractivity contribution in [1.29, 1.82) is 0 Å². The first kappa shape index (κ1) is 10.6. The van der Waals surface area contributed by atoms with Crippen LogP contribution in [0.15, 0.2) is 42.7 Å². The molecule has 1 heterocycles. The molecule has 1 aromatic carbocycles. The van der Waals surface area contributed by atoms with Crippen LogP contribution in [0.3, 0.4) is 0 Å². The summed E-state index contributed by atoms with van der Waals surface area (Å²) in [6, 6.07) is 10.4. The quantitative estimate of drug-likeness (QED) is 0.847. The average molecular weight is 213 g/mol. The summed E-state index contributed by atoms with van der Waals surface area (Å²) in [5.41, 5.74) is 2.40. The molecule has 82 valence electrons. The Hall–Kier alpha value is -1.90. The first-order chi connectivity index (χ1) is 7.84. The van der Waals surface area contributed by atoms with Crippen molar-refractivity contribution < 1.29 is 0 Å². The summed E-state index contributed by atoms with van der Waals surface area (Å²) < 4.78 is 0. The molecule has 16 heavy (non-hydrogen) atoms. The zero-order valence-electron chi connectivity index (χ0n) is 9.35. The molecule has 0 atom stereocenters. The molecule has 0 spiro atoms.